The number of hydrogen-bond donors (Lipinski definition) is 3. The maximum absolute atomic E-state index is 14.0. The molecule has 3 saturated heterocycles. The van der Waals surface area contributed by atoms with Crippen molar-refractivity contribution in [2.45, 2.75) is 154 Å². The van der Waals surface area contributed by atoms with Gasteiger partial charge in [-0.15, -0.1) is 0 Å². The van der Waals surface area contributed by atoms with Crippen LogP contribution in [-0.2, 0) is 38.0 Å². The Morgan fingerprint density at radius 2 is 1.64 bits per heavy atom. The Morgan fingerprint density at radius 3 is 2.19 bits per heavy atom. The normalized spacial score (nSPS) is 47.9. The molecule has 3 N–H and O–H groups in total. The first-order chi connectivity index (χ1) is 21.8. The number of cyclic esters (lactones) is 1. The van der Waals surface area contributed by atoms with Crippen LogP contribution in [0.3, 0.4) is 0 Å². The van der Waals surface area contributed by atoms with Gasteiger partial charge in [0.1, 0.15) is 29.2 Å². The van der Waals surface area contributed by atoms with Gasteiger partial charge in [0.2, 0.25) is 0 Å². The molecule has 3 aliphatic rings. The Labute approximate surface area is 281 Å². The third-order valence-electron chi connectivity index (χ3n) is 11.1. The Kier molecular flexibility index (Phi) is 13.5. The molecule has 0 radical (unpaired) electrons. The number of esters is 1. The number of carbonyl (C=O) groups is 2. The molecule has 3 heterocycles. The van der Waals surface area contributed by atoms with Gasteiger partial charge in [0.25, 0.3) is 0 Å². The molecule has 0 aliphatic carbocycles. The van der Waals surface area contributed by atoms with Crippen LogP contribution in [0.5, 0.6) is 0 Å². The molecule has 0 aromatic heterocycles. The number of carbonyl (C=O) groups excluding carboxylic acids is 2. The minimum Gasteiger partial charge on any atom is -0.459 e. The molecule has 47 heavy (non-hydrogen) atoms. The van der Waals surface area contributed by atoms with E-state index in [1.54, 1.807) is 34.8 Å². The Morgan fingerprint density at radius 1 is 1.00 bits per heavy atom. The van der Waals surface area contributed by atoms with Crippen LogP contribution in [0.25, 0.3) is 0 Å². The Bertz CT molecular complexity index is 1060. The van der Waals surface area contributed by atoms with Crippen molar-refractivity contribution in [3.05, 3.63) is 0 Å². The summed E-state index contributed by atoms with van der Waals surface area (Å²) in [5, 5.41) is 34.5. The van der Waals surface area contributed by atoms with Crippen LogP contribution in [0.4, 0.5) is 0 Å². The molecule has 3 fully saturated rings. The minimum absolute atomic E-state index is 0.0156. The van der Waals surface area contributed by atoms with E-state index in [1.165, 1.54) is 6.92 Å². The molecule has 0 aromatic carbocycles. The Hall–Kier alpha value is -1.22. The molecule has 0 spiro atoms. The third-order valence-corrected chi connectivity index (χ3v) is 11.1. The number of nitrogens with zero attached hydrogens (tertiary/aromatic N) is 1. The summed E-state index contributed by atoms with van der Waals surface area (Å²) in [7, 11) is 5.59. The van der Waals surface area contributed by atoms with Crippen LogP contribution in [0.2, 0.25) is 0 Å². The zero-order valence-corrected chi connectivity index (χ0v) is 30.7. The second-order valence-electron chi connectivity index (χ2n) is 15.2. The fourth-order valence-corrected chi connectivity index (χ4v) is 7.85. The largest absolute Gasteiger partial charge is 0.459 e. The predicted molar refractivity (Wildman–Crippen MR) is 175 cm³/mol. The molecule has 15 atom stereocenters. The molecule has 2 bridgehead atoms. The molecule has 274 valence electrons. The summed E-state index contributed by atoms with van der Waals surface area (Å²) in [6.45, 7) is 15.5. The van der Waals surface area contributed by atoms with Gasteiger partial charge in [-0.05, 0) is 67.5 Å². The molecular formula is C35H63NO11. The average Bonchev–Trinajstić information content (AvgIpc) is 3.05. The lowest BCUT2D eigenvalue weighted by Crippen LogP contribution is -2.61. The predicted octanol–water partition coefficient (Wildman–Crippen LogP) is 2.72. The van der Waals surface area contributed by atoms with E-state index in [-0.39, 0.29) is 44.0 Å². The monoisotopic (exact) mass is 673 g/mol. The smallest absolute Gasteiger partial charge is 0.311 e. The number of ketones is 1. The van der Waals surface area contributed by atoms with E-state index in [2.05, 4.69) is 4.90 Å². The molecule has 0 saturated carbocycles. The number of rotatable bonds is 6. The number of Topliss-reactive ketones (excluding diaryl/α,β-unsaturated/α-hetero) is 1. The molecule has 3 rings (SSSR count). The maximum atomic E-state index is 14.0. The number of hydrogen-bond acceptors (Lipinski definition) is 12. The van der Waals surface area contributed by atoms with Gasteiger partial charge in [-0.1, -0.05) is 34.6 Å². The maximum Gasteiger partial charge on any atom is 0.311 e. The van der Waals surface area contributed by atoms with E-state index in [0.717, 1.165) is 6.42 Å². The zero-order chi connectivity index (χ0) is 35.6. The number of likely N-dealkylation sites (N-methyl/N-ethyl adjacent to an activating group) is 1. The molecule has 12 heteroatoms. The highest BCUT2D eigenvalue weighted by atomic mass is 16.7. The van der Waals surface area contributed by atoms with Crippen LogP contribution in [-0.4, -0.2) is 132 Å². The average molecular weight is 674 g/mol. The third kappa shape index (κ3) is 8.57. The van der Waals surface area contributed by atoms with Gasteiger partial charge in [-0.2, -0.15) is 0 Å². The van der Waals surface area contributed by atoms with Gasteiger partial charge in [0.15, 0.2) is 6.29 Å². The fourth-order valence-electron chi connectivity index (χ4n) is 7.85. The fraction of sp³-hybridized carbons (Fsp3) is 0.943. The van der Waals surface area contributed by atoms with Crippen molar-refractivity contribution < 1.29 is 53.3 Å². The lowest BCUT2D eigenvalue weighted by Gasteiger charge is -2.49. The van der Waals surface area contributed by atoms with Crippen LogP contribution in [0.15, 0.2) is 0 Å². The summed E-state index contributed by atoms with van der Waals surface area (Å²) in [4.78, 5) is 30.0. The van der Waals surface area contributed by atoms with Gasteiger partial charge in [0.05, 0.1) is 49.1 Å². The van der Waals surface area contributed by atoms with Gasteiger partial charge in [-0.3, -0.25) is 9.59 Å². The molecule has 3 aliphatic heterocycles. The quantitative estimate of drug-likeness (QED) is 0.356. The number of methoxy groups -OCH3 is 1. The zero-order valence-electron chi connectivity index (χ0n) is 30.7. The first-order valence-corrected chi connectivity index (χ1v) is 17.4. The minimum atomic E-state index is -1.90. The van der Waals surface area contributed by atoms with E-state index in [1.807, 2.05) is 41.8 Å². The number of aliphatic hydroxyl groups is 3. The van der Waals surface area contributed by atoms with Crippen molar-refractivity contribution in [3.8, 4) is 0 Å². The second-order valence-corrected chi connectivity index (χ2v) is 15.2. The highest BCUT2D eigenvalue weighted by Gasteiger charge is 2.54. The lowest BCUT2D eigenvalue weighted by atomic mass is 9.74. The highest BCUT2D eigenvalue weighted by Crippen LogP contribution is 2.42. The van der Waals surface area contributed by atoms with E-state index >= 15 is 0 Å². The summed E-state index contributed by atoms with van der Waals surface area (Å²) < 4.78 is 38.4. The van der Waals surface area contributed by atoms with Gasteiger partial charge in [0, 0.05) is 30.9 Å². The molecule has 12 nitrogen and oxygen atoms in total. The van der Waals surface area contributed by atoms with Crippen molar-refractivity contribution in [3.63, 3.8) is 0 Å². The van der Waals surface area contributed by atoms with Gasteiger partial charge in [-0.25, -0.2) is 0 Å². The highest BCUT2D eigenvalue weighted by molar-refractivity contribution is 5.83. The molecule has 0 aromatic rings. The SMILES string of the molecule is CC[C@H]1OC(=O)[C@H](C)[C@H]2OCC(O)(CC)CO[C@](C)(C[C@@H](C)C(=O)[C@H](C)[C@@H](O)[C@]1(C)O)[C@H](O[C@@H]1O[C@H](C)C[C@H](N(C)C)[C@H]1OC)[C@H]2C. The standard InChI is InChI=1S/C35H63NO11/c1-13-25-34(9,40)29(38)21(5)26(37)19(3)16-33(8)30(47-32-28(42-12)24(36(10)11)15-20(4)45-32)22(6)27(23(7)31(39)46-25)43-17-35(41,14-2)18-44-33/h19-25,27-30,32,38,40-41H,13-18H2,1-12H3/t19-,20-,21+,22+,23-,24+,25-,27+,28-,29-,30-,32+,33-,34-,35?/m1/s1. The first-order valence-electron chi connectivity index (χ1n) is 17.4. The second kappa shape index (κ2) is 15.8. The topological polar surface area (TPSA) is 153 Å². The van der Waals surface area contributed by atoms with Crippen LogP contribution >= 0.6 is 0 Å². The van der Waals surface area contributed by atoms with Crippen molar-refractivity contribution in [1.82, 2.24) is 4.90 Å². The Balaban J connectivity index is 2.23. The lowest BCUT2D eigenvalue weighted by molar-refractivity contribution is -0.307. The number of ether oxygens (including phenoxy) is 6. The van der Waals surface area contributed by atoms with Gasteiger partial charge < -0.3 is 48.6 Å². The van der Waals surface area contributed by atoms with E-state index in [0.29, 0.717) is 6.42 Å². The number of fused-ring (bicyclic) bond motifs is 3. The van der Waals surface area contributed by atoms with Crippen molar-refractivity contribution in [1.29, 1.82) is 0 Å². The van der Waals surface area contributed by atoms with Crippen LogP contribution in [0.1, 0.15) is 88.0 Å². The van der Waals surface area contributed by atoms with E-state index in [9.17, 15) is 24.9 Å². The van der Waals surface area contributed by atoms with Gasteiger partial charge >= 0.3 is 5.97 Å². The first kappa shape index (κ1) is 40.2. The summed E-state index contributed by atoms with van der Waals surface area (Å²) in [6.07, 6.45) is -4.31. The number of aliphatic hydroxyl groups excluding tert-OH is 1. The van der Waals surface area contributed by atoms with Crippen LogP contribution in [0, 0.1) is 23.7 Å². The summed E-state index contributed by atoms with van der Waals surface area (Å²) in [5.74, 6) is -4.00. The van der Waals surface area contributed by atoms with Crippen LogP contribution < -0.4 is 0 Å². The molecular weight excluding hydrogens is 610 g/mol. The van der Waals surface area contributed by atoms with Crippen molar-refractivity contribution in [2.75, 3.05) is 34.4 Å². The molecule has 1 unspecified atom stereocenters. The van der Waals surface area contributed by atoms with E-state index in [4.69, 9.17) is 28.4 Å². The summed E-state index contributed by atoms with van der Waals surface area (Å²) >= 11 is 0. The molecule has 0 amide bonds. The van der Waals surface area contributed by atoms with Crippen molar-refractivity contribution >= 4 is 11.8 Å². The van der Waals surface area contributed by atoms with Crippen molar-refractivity contribution in [2.24, 2.45) is 23.7 Å². The van der Waals surface area contributed by atoms with E-state index < -0.39 is 83.3 Å². The summed E-state index contributed by atoms with van der Waals surface area (Å²) in [5.41, 5.74) is -4.51. The summed E-state index contributed by atoms with van der Waals surface area (Å²) in [6, 6.07) is -0.0156.